The molecule has 3 N–H and O–H groups in total. The molecule has 30 heavy (non-hydrogen) atoms. The van der Waals surface area contributed by atoms with Gasteiger partial charge in [-0.3, -0.25) is 29.3 Å². The van der Waals surface area contributed by atoms with Crippen LogP contribution in [-0.2, 0) is 11.3 Å². The summed E-state index contributed by atoms with van der Waals surface area (Å²) in [6.45, 7) is 5.38. The molecule has 1 saturated heterocycles. The lowest BCUT2D eigenvalue weighted by Crippen LogP contribution is -2.46. The number of hydrogen-bond acceptors (Lipinski definition) is 6. The Kier molecular flexibility index (Phi) is 6.46. The molecule has 1 aliphatic rings. The summed E-state index contributed by atoms with van der Waals surface area (Å²) in [6.07, 6.45) is 1.54. The lowest BCUT2D eigenvalue weighted by atomic mass is 10.0. The average Bonchev–Trinajstić information content (AvgIpc) is 2.96. The van der Waals surface area contributed by atoms with E-state index in [4.69, 9.17) is 5.73 Å². The van der Waals surface area contributed by atoms with Crippen molar-refractivity contribution in [1.82, 2.24) is 20.0 Å². The van der Waals surface area contributed by atoms with Crippen molar-refractivity contribution in [1.29, 1.82) is 0 Å². The van der Waals surface area contributed by atoms with Crippen molar-refractivity contribution in [3.8, 4) is 0 Å². The van der Waals surface area contributed by atoms with Gasteiger partial charge in [0.25, 0.3) is 5.91 Å². The highest BCUT2D eigenvalue weighted by molar-refractivity contribution is 5.94. The van der Waals surface area contributed by atoms with Gasteiger partial charge in [-0.05, 0) is 44.4 Å². The number of nitrogens with one attached hydrogen (secondary N) is 1. The van der Waals surface area contributed by atoms with Gasteiger partial charge < -0.3 is 11.1 Å². The second kappa shape index (κ2) is 9.04. The van der Waals surface area contributed by atoms with Crippen LogP contribution in [0.1, 0.15) is 40.2 Å². The zero-order chi connectivity index (χ0) is 21.8. The number of nitrogens with zero attached hydrogens (tertiary/aromatic N) is 4. The van der Waals surface area contributed by atoms with Crippen LogP contribution in [0.25, 0.3) is 0 Å². The van der Waals surface area contributed by atoms with Crippen molar-refractivity contribution in [3.05, 3.63) is 56.9 Å². The Morgan fingerprint density at radius 2 is 1.87 bits per heavy atom. The van der Waals surface area contributed by atoms with Gasteiger partial charge in [-0.1, -0.05) is 12.1 Å². The number of rotatable bonds is 7. The molecule has 10 nitrogen and oxygen atoms in total. The third kappa shape index (κ3) is 5.01. The molecule has 2 heterocycles. The smallest absolute Gasteiger partial charge is 0.312 e. The molecule has 0 radical (unpaired) electrons. The highest BCUT2D eigenvalue weighted by Gasteiger charge is 2.23. The number of nitro groups is 1. The molecule has 3 rings (SSSR count). The Morgan fingerprint density at radius 3 is 2.40 bits per heavy atom. The van der Waals surface area contributed by atoms with Crippen LogP contribution in [0.5, 0.6) is 0 Å². The number of carbonyl (C=O) groups excluding carboxylic acids is 2. The fourth-order valence-corrected chi connectivity index (χ4v) is 3.76. The summed E-state index contributed by atoms with van der Waals surface area (Å²) in [5.74, 6) is -0.482. The Bertz CT molecular complexity index is 945. The Hall–Kier alpha value is -3.27. The van der Waals surface area contributed by atoms with Gasteiger partial charge in [0.1, 0.15) is 11.4 Å². The first-order valence-electron chi connectivity index (χ1n) is 9.83. The van der Waals surface area contributed by atoms with Crippen LogP contribution >= 0.6 is 0 Å². The van der Waals surface area contributed by atoms with Crippen molar-refractivity contribution < 1.29 is 14.5 Å². The molecule has 0 bridgehead atoms. The van der Waals surface area contributed by atoms with Crippen LogP contribution in [0.3, 0.4) is 0 Å². The number of aromatic nitrogens is 2. The second-order valence-corrected chi connectivity index (χ2v) is 7.62. The number of aryl methyl sites for hydroxylation is 1. The molecule has 1 fully saturated rings. The fraction of sp³-hybridized carbons (Fsp3) is 0.450. The highest BCUT2D eigenvalue weighted by atomic mass is 16.6. The summed E-state index contributed by atoms with van der Waals surface area (Å²) < 4.78 is 1.60. The summed E-state index contributed by atoms with van der Waals surface area (Å²) in [4.78, 5) is 36.2. The molecule has 1 aromatic heterocycles. The van der Waals surface area contributed by atoms with Crippen molar-refractivity contribution >= 4 is 17.5 Å². The second-order valence-electron chi connectivity index (χ2n) is 7.62. The lowest BCUT2D eigenvalue weighted by Gasteiger charge is -2.31. The van der Waals surface area contributed by atoms with Crippen molar-refractivity contribution in [2.45, 2.75) is 39.3 Å². The number of likely N-dealkylation sites (tertiary alicyclic amines) is 1. The molecule has 0 saturated carbocycles. The average molecular weight is 414 g/mol. The third-order valence-corrected chi connectivity index (χ3v) is 5.38. The number of hydrogen-bond donors (Lipinski definition) is 2. The largest absolute Gasteiger partial charge is 0.369 e. The van der Waals surface area contributed by atoms with E-state index in [2.05, 4.69) is 10.4 Å². The number of primary amides is 1. The fourth-order valence-electron chi connectivity index (χ4n) is 3.76. The number of nitrogens with two attached hydrogens (primary N) is 1. The standard InChI is InChI=1S/C20H26N6O4/c1-13-19(26(29)30)14(2)25(23-13)11-15-3-5-16(6-4-15)20(28)22-17-7-9-24(10-8-17)12-18(21)27/h3-6,17H,7-12H2,1-2H3,(H2,21,27)(H,22,28). The van der Waals surface area contributed by atoms with Crippen molar-refractivity contribution in [3.63, 3.8) is 0 Å². The van der Waals surface area contributed by atoms with Crippen molar-refractivity contribution in [2.24, 2.45) is 5.73 Å². The number of piperidine rings is 1. The monoisotopic (exact) mass is 414 g/mol. The first kappa shape index (κ1) is 21.4. The molecular formula is C20H26N6O4. The molecule has 2 aromatic rings. The maximum absolute atomic E-state index is 12.5. The highest BCUT2D eigenvalue weighted by Crippen LogP contribution is 2.22. The molecule has 160 valence electrons. The maximum Gasteiger partial charge on any atom is 0.312 e. The summed E-state index contributed by atoms with van der Waals surface area (Å²) in [7, 11) is 0. The van der Waals surface area contributed by atoms with Gasteiger partial charge >= 0.3 is 5.69 Å². The van der Waals surface area contributed by atoms with Crippen LogP contribution in [0.2, 0.25) is 0 Å². The topological polar surface area (TPSA) is 136 Å². The quantitative estimate of drug-likeness (QED) is 0.515. The van der Waals surface area contributed by atoms with Crippen molar-refractivity contribution in [2.75, 3.05) is 19.6 Å². The predicted octanol–water partition coefficient (Wildman–Crippen LogP) is 1.14. The Labute approximate surface area is 174 Å². The zero-order valence-corrected chi connectivity index (χ0v) is 17.1. The summed E-state index contributed by atoms with van der Waals surface area (Å²) in [5, 5.41) is 18.4. The third-order valence-electron chi connectivity index (χ3n) is 5.38. The minimum Gasteiger partial charge on any atom is -0.369 e. The van der Waals surface area contributed by atoms with E-state index in [1.807, 2.05) is 17.0 Å². The minimum absolute atomic E-state index is 0.0351. The number of amides is 2. The minimum atomic E-state index is -0.417. The van der Waals surface area contributed by atoms with E-state index in [0.29, 0.717) is 23.5 Å². The first-order chi connectivity index (χ1) is 14.2. The molecule has 1 aromatic carbocycles. The van der Waals surface area contributed by atoms with Crippen LogP contribution in [0, 0.1) is 24.0 Å². The summed E-state index contributed by atoms with van der Waals surface area (Å²) >= 11 is 0. The van der Waals surface area contributed by atoms with E-state index in [9.17, 15) is 19.7 Å². The Balaban J connectivity index is 1.57. The number of benzene rings is 1. The van der Waals surface area contributed by atoms with Crippen LogP contribution in [0.15, 0.2) is 24.3 Å². The molecule has 1 aliphatic heterocycles. The lowest BCUT2D eigenvalue weighted by molar-refractivity contribution is -0.386. The zero-order valence-electron chi connectivity index (χ0n) is 17.1. The molecule has 0 aliphatic carbocycles. The van der Waals surface area contributed by atoms with E-state index < -0.39 is 4.92 Å². The van der Waals surface area contributed by atoms with Gasteiger partial charge in [0.15, 0.2) is 0 Å². The Morgan fingerprint density at radius 1 is 1.23 bits per heavy atom. The first-order valence-corrected chi connectivity index (χ1v) is 9.83. The van der Waals surface area contributed by atoms with Gasteiger partial charge in [-0.15, -0.1) is 0 Å². The SMILES string of the molecule is Cc1nn(Cc2ccc(C(=O)NC3CCN(CC(N)=O)CC3)cc2)c(C)c1[N+](=O)[O-]. The van der Waals surface area contributed by atoms with Gasteiger partial charge in [-0.25, -0.2) is 0 Å². The van der Waals surface area contributed by atoms with Gasteiger partial charge in [0.05, 0.1) is 18.0 Å². The van der Waals surface area contributed by atoms with Crippen LogP contribution < -0.4 is 11.1 Å². The van der Waals surface area contributed by atoms with E-state index >= 15 is 0 Å². The van der Waals surface area contributed by atoms with Gasteiger partial charge in [0.2, 0.25) is 5.91 Å². The van der Waals surface area contributed by atoms with Gasteiger partial charge in [-0.2, -0.15) is 5.10 Å². The van der Waals surface area contributed by atoms with E-state index in [1.54, 1.807) is 30.7 Å². The van der Waals surface area contributed by atoms with Crippen LogP contribution in [-0.4, -0.2) is 57.1 Å². The summed E-state index contributed by atoms with van der Waals surface area (Å²) in [6, 6.07) is 7.20. The molecular weight excluding hydrogens is 388 g/mol. The van der Waals surface area contributed by atoms with Gasteiger partial charge in [0, 0.05) is 24.7 Å². The number of carbonyl (C=O) groups is 2. The molecule has 0 spiro atoms. The normalized spacial score (nSPS) is 15.1. The molecule has 10 heteroatoms. The van der Waals surface area contributed by atoms with Crippen LogP contribution in [0.4, 0.5) is 5.69 Å². The van der Waals surface area contributed by atoms with E-state index in [-0.39, 0.29) is 30.1 Å². The molecule has 0 unspecified atom stereocenters. The van der Waals surface area contributed by atoms with E-state index in [0.717, 1.165) is 31.5 Å². The molecule has 2 amide bonds. The maximum atomic E-state index is 12.5. The summed E-state index contributed by atoms with van der Waals surface area (Å²) in [5.41, 5.74) is 7.59. The van der Waals surface area contributed by atoms with E-state index in [1.165, 1.54) is 0 Å². The predicted molar refractivity (Wildman–Crippen MR) is 110 cm³/mol. The molecule has 0 atom stereocenters.